The van der Waals surface area contributed by atoms with Crippen molar-refractivity contribution < 1.29 is 14.6 Å². The monoisotopic (exact) mass is 328 g/mol. The van der Waals surface area contributed by atoms with Crippen LogP contribution in [0.4, 0.5) is 5.82 Å². The van der Waals surface area contributed by atoms with E-state index in [1.165, 1.54) is 10.6 Å². The molecule has 0 radical (unpaired) electrons. The van der Waals surface area contributed by atoms with Gasteiger partial charge in [0.1, 0.15) is 11.5 Å². The molecule has 0 fully saturated rings. The summed E-state index contributed by atoms with van der Waals surface area (Å²) in [6, 6.07) is 10.3. The third-order valence-electron chi connectivity index (χ3n) is 2.88. The van der Waals surface area contributed by atoms with Crippen LogP contribution in [0.1, 0.15) is 17.3 Å². The van der Waals surface area contributed by atoms with E-state index in [0.29, 0.717) is 5.82 Å². The fourth-order valence-electron chi connectivity index (χ4n) is 1.84. The Morgan fingerprint density at radius 1 is 1.29 bits per heavy atom. The number of ether oxygens (including phenoxy) is 1. The van der Waals surface area contributed by atoms with Gasteiger partial charge in [-0.05, 0) is 31.2 Å². The molecule has 0 bridgehead atoms. The lowest BCUT2D eigenvalue weighted by atomic mass is 10.3. The number of aromatic nitrogens is 3. The number of nitrogens with two attached hydrogens (primary N) is 1. The molecule has 0 aliphatic carbocycles. The smallest absolute Gasteiger partial charge is 0.349 e. The van der Waals surface area contributed by atoms with Gasteiger partial charge in [-0.2, -0.15) is 4.98 Å². The first kappa shape index (κ1) is 16.9. The molecule has 0 saturated carbocycles. The van der Waals surface area contributed by atoms with Crippen LogP contribution in [0.5, 0.6) is 5.88 Å². The topological polar surface area (TPSA) is 120 Å². The molecule has 3 aromatic heterocycles. The fraction of sp³-hybridized carbons (Fsp3) is 0.125. The zero-order valence-corrected chi connectivity index (χ0v) is 12.9. The maximum atomic E-state index is 11.9. The molecule has 8 heteroatoms. The molecule has 0 aliphatic rings. The van der Waals surface area contributed by atoms with E-state index in [0.717, 1.165) is 0 Å². The van der Waals surface area contributed by atoms with Gasteiger partial charge in [-0.1, -0.05) is 12.1 Å². The third-order valence-corrected chi connectivity index (χ3v) is 2.88. The van der Waals surface area contributed by atoms with Crippen LogP contribution in [-0.4, -0.2) is 32.1 Å². The normalized spacial score (nSPS) is 9.88. The number of nitrogens with zero attached hydrogens (tertiary/aromatic N) is 3. The molecule has 3 N–H and O–H groups in total. The highest BCUT2D eigenvalue weighted by molar-refractivity contribution is 5.91. The van der Waals surface area contributed by atoms with E-state index < -0.39 is 23.0 Å². The Kier molecular flexibility index (Phi) is 5.45. The van der Waals surface area contributed by atoms with Crippen molar-refractivity contribution in [2.75, 3.05) is 12.3 Å². The Balaban J connectivity index is 0.000000249. The van der Waals surface area contributed by atoms with E-state index >= 15 is 0 Å². The highest BCUT2D eigenvalue weighted by atomic mass is 16.5. The standard InChI is InChI=1S/C11H10N2O4.C5H6N2/c1-2-17-11(16)8-9(14)12-7-5-3-4-6-13(7)10(8)15;6-5-3-1-2-4-7-5/h3-6,14H,2H2,1H3;1-4H,(H2,6,7). The molecule has 0 aromatic carbocycles. The number of hydrogen-bond acceptors (Lipinski definition) is 7. The zero-order chi connectivity index (χ0) is 17.5. The molecule has 0 atom stereocenters. The summed E-state index contributed by atoms with van der Waals surface area (Å²) < 4.78 is 5.86. The minimum absolute atomic E-state index is 0.120. The van der Waals surface area contributed by atoms with E-state index in [4.69, 9.17) is 5.73 Å². The Labute approximate surface area is 137 Å². The molecule has 0 spiro atoms. The van der Waals surface area contributed by atoms with Crippen molar-refractivity contribution in [3.63, 3.8) is 0 Å². The van der Waals surface area contributed by atoms with Crippen molar-refractivity contribution in [1.82, 2.24) is 14.4 Å². The fourth-order valence-corrected chi connectivity index (χ4v) is 1.84. The Hall–Kier alpha value is -3.42. The summed E-state index contributed by atoms with van der Waals surface area (Å²) in [6.45, 7) is 1.73. The number of hydrogen-bond donors (Lipinski definition) is 2. The Morgan fingerprint density at radius 2 is 2.04 bits per heavy atom. The second kappa shape index (κ2) is 7.73. The van der Waals surface area contributed by atoms with Crippen LogP contribution in [0, 0.1) is 0 Å². The average molecular weight is 328 g/mol. The number of nitrogen functional groups attached to an aromatic ring is 1. The average Bonchev–Trinajstić information content (AvgIpc) is 2.56. The number of esters is 1. The summed E-state index contributed by atoms with van der Waals surface area (Å²) >= 11 is 0. The number of pyridine rings is 2. The van der Waals surface area contributed by atoms with E-state index in [2.05, 4.69) is 14.7 Å². The van der Waals surface area contributed by atoms with Crippen molar-refractivity contribution in [2.45, 2.75) is 6.92 Å². The van der Waals surface area contributed by atoms with Gasteiger partial charge in [-0.25, -0.2) is 9.78 Å². The Bertz CT molecular complexity index is 893. The summed E-state index contributed by atoms with van der Waals surface area (Å²) in [7, 11) is 0. The van der Waals surface area contributed by atoms with E-state index in [1.807, 2.05) is 12.1 Å². The van der Waals surface area contributed by atoms with Crippen LogP contribution < -0.4 is 11.3 Å². The van der Waals surface area contributed by atoms with Crippen molar-refractivity contribution in [1.29, 1.82) is 0 Å². The lowest BCUT2D eigenvalue weighted by molar-refractivity contribution is 0.0519. The van der Waals surface area contributed by atoms with Gasteiger partial charge in [0, 0.05) is 12.4 Å². The highest BCUT2D eigenvalue weighted by Crippen LogP contribution is 2.11. The number of rotatable bonds is 2. The molecule has 24 heavy (non-hydrogen) atoms. The van der Waals surface area contributed by atoms with Crippen LogP contribution in [0.3, 0.4) is 0 Å². The number of carbonyl (C=O) groups excluding carboxylic acids is 1. The Morgan fingerprint density at radius 3 is 2.62 bits per heavy atom. The summed E-state index contributed by atoms with van der Waals surface area (Å²) in [5.74, 6) is -0.914. The van der Waals surface area contributed by atoms with Gasteiger partial charge in [0.2, 0.25) is 5.88 Å². The second-order valence-corrected chi connectivity index (χ2v) is 4.52. The number of carbonyl (C=O) groups is 1. The molecule has 0 saturated heterocycles. The highest BCUT2D eigenvalue weighted by Gasteiger charge is 2.20. The predicted octanol–water partition coefficient (Wildman–Crippen LogP) is 1.24. The molecule has 3 heterocycles. The van der Waals surface area contributed by atoms with Crippen LogP contribution in [0.2, 0.25) is 0 Å². The summed E-state index contributed by atoms with van der Waals surface area (Å²) in [5, 5.41) is 9.56. The van der Waals surface area contributed by atoms with Gasteiger partial charge >= 0.3 is 5.97 Å². The molecule has 8 nitrogen and oxygen atoms in total. The molecular formula is C16H16N4O4. The number of aromatic hydroxyl groups is 1. The van der Waals surface area contributed by atoms with Crippen molar-refractivity contribution >= 4 is 17.4 Å². The molecular weight excluding hydrogens is 312 g/mol. The first-order valence-corrected chi connectivity index (χ1v) is 7.08. The second-order valence-electron chi connectivity index (χ2n) is 4.52. The SMILES string of the molecule is CCOC(=O)c1c(O)nc2ccccn2c1=O.Nc1ccccn1. The van der Waals surface area contributed by atoms with E-state index in [-0.39, 0.29) is 12.3 Å². The van der Waals surface area contributed by atoms with Crippen molar-refractivity contribution in [3.8, 4) is 5.88 Å². The van der Waals surface area contributed by atoms with Crippen LogP contribution >= 0.6 is 0 Å². The molecule has 3 aromatic rings. The first-order valence-electron chi connectivity index (χ1n) is 7.08. The first-order chi connectivity index (χ1) is 11.5. The summed E-state index contributed by atoms with van der Waals surface area (Å²) in [6.07, 6.45) is 3.13. The van der Waals surface area contributed by atoms with Gasteiger partial charge in [-0.15, -0.1) is 0 Å². The summed E-state index contributed by atoms with van der Waals surface area (Å²) in [4.78, 5) is 30.9. The molecule has 0 unspecified atom stereocenters. The minimum Gasteiger partial charge on any atom is -0.492 e. The lowest BCUT2D eigenvalue weighted by Crippen LogP contribution is -2.24. The van der Waals surface area contributed by atoms with Gasteiger partial charge in [0.05, 0.1) is 6.61 Å². The molecule has 0 amide bonds. The molecule has 3 rings (SSSR count). The maximum absolute atomic E-state index is 11.9. The third kappa shape index (κ3) is 3.86. The van der Waals surface area contributed by atoms with Gasteiger partial charge < -0.3 is 15.6 Å². The molecule has 124 valence electrons. The van der Waals surface area contributed by atoms with Gasteiger partial charge in [-0.3, -0.25) is 9.20 Å². The largest absolute Gasteiger partial charge is 0.492 e. The van der Waals surface area contributed by atoms with Crippen LogP contribution in [0.25, 0.3) is 5.65 Å². The number of fused-ring (bicyclic) bond motifs is 1. The predicted molar refractivity (Wildman–Crippen MR) is 87.7 cm³/mol. The quantitative estimate of drug-likeness (QED) is 0.679. The number of anilines is 1. The zero-order valence-electron chi connectivity index (χ0n) is 12.9. The van der Waals surface area contributed by atoms with E-state index in [1.54, 1.807) is 37.4 Å². The van der Waals surface area contributed by atoms with Crippen LogP contribution in [0.15, 0.2) is 53.6 Å². The summed E-state index contributed by atoms with van der Waals surface area (Å²) in [5.41, 5.74) is 4.42. The van der Waals surface area contributed by atoms with Crippen molar-refractivity contribution in [2.24, 2.45) is 0 Å². The van der Waals surface area contributed by atoms with Gasteiger partial charge in [0.25, 0.3) is 5.56 Å². The minimum atomic E-state index is -0.874. The van der Waals surface area contributed by atoms with Crippen molar-refractivity contribution in [3.05, 3.63) is 64.7 Å². The van der Waals surface area contributed by atoms with Gasteiger partial charge in [0.15, 0.2) is 5.56 Å². The lowest BCUT2D eigenvalue weighted by Gasteiger charge is -2.05. The molecule has 0 aliphatic heterocycles. The van der Waals surface area contributed by atoms with E-state index in [9.17, 15) is 14.7 Å². The maximum Gasteiger partial charge on any atom is 0.349 e. The van der Waals surface area contributed by atoms with Crippen LogP contribution in [-0.2, 0) is 4.74 Å².